The molecule has 0 bridgehead atoms. The lowest BCUT2D eigenvalue weighted by atomic mass is 10.1. The summed E-state index contributed by atoms with van der Waals surface area (Å²) in [6.45, 7) is -0.136. The number of amides is 1. The zero-order valence-electron chi connectivity index (χ0n) is 10.8. The SMILES string of the molecule is O=C(CCc1ccccc1Cl)Nc1cnccc1CO. The van der Waals surface area contributed by atoms with Crippen LogP contribution in [0.3, 0.4) is 0 Å². The molecule has 0 saturated heterocycles. The highest BCUT2D eigenvalue weighted by atomic mass is 35.5. The van der Waals surface area contributed by atoms with Gasteiger partial charge in [-0.15, -0.1) is 0 Å². The van der Waals surface area contributed by atoms with Crippen LogP contribution in [0.5, 0.6) is 0 Å². The molecule has 104 valence electrons. The second-order valence-electron chi connectivity index (χ2n) is 4.33. The third-order valence-corrected chi connectivity index (χ3v) is 3.30. The molecule has 0 radical (unpaired) electrons. The molecule has 0 spiro atoms. The largest absolute Gasteiger partial charge is 0.392 e. The molecule has 2 N–H and O–H groups in total. The smallest absolute Gasteiger partial charge is 0.224 e. The number of nitrogens with one attached hydrogen (secondary N) is 1. The fourth-order valence-corrected chi connectivity index (χ4v) is 2.07. The van der Waals surface area contributed by atoms with E-state index in [2.05, 4.69) is 10.3 Å². The molecule has 0 unspecified atom stereocenters. The van der Waals surface area contributed by atoms with Gasteiger partial charge in [0.2, 0.25) is 5.91 Å². The van der Waals surface area contributed by atoms with E-state index in [0.717, 1.165) is 5.56 Å². The van der Waals surface area contributed by atoms with Crippen molar-refractivity contribution in [3.63, 3.8) is 0 Å². The number of pyridine rings is 1. The van der Waals surface area contributed by atoms with E-state index in [4.69, 9.17) is 11.6 Å². The summed E-state index contributed by atoms with van der Waals surface area (Å²) >= 11 is 6.04. The van der Waals surface area contributed by atoms with Crippen LogP contribution in [0, 0.1) is 0 Å². The molecular formula is C15H15ClN2O2. The van der Waals surface area contributed by atoms with E-state index in [1.807, 2.05) is 18.2 Å². The topological polar surface area (TPSA) is 62.2 Å². The monoisotopic (exact) mass is 290 g/mol. The average Bonchev–Trinajstić information content (AvgIpc) is 2.47. The number of aliphatic hydroxyl groups is 1. The lowest BCUT2D eigenvalue weighted by Gasteiger charge is -2.09. The number of rotatable bonds is 5. The van der Waals surface area contributed by atoms with Crippen LogP contribution in [0.4, 0.5) is 5.69 Å². The second kappa shape index (κ2) is 7.03. The highest BCUT2D eigenvalue weighted by Gasteiger charge is 2.08. The van der Waals surface area contributed by atoms with Crippen molar-refractivity contribution in [1.82, 2.24) is 4.98 Å². The number of aryl methyl sites for hydroxylation is 1. The minimum atomic E-state index is -0.136. The van der Waals surface area contributed by atoms with Gasteiger partial charge in [0.15, 0.2) is 0 Å². The molecule has 1 aromatic carbocycles. The van der Waals surface area contributed by atoms with Gasteiger partial charge >= 0.3 is 0 Å². The highest BCUT2D eigenvalue weighted by Crippen LogP contribution is 2.18. The van der Waals surface area contributed by atoms with Crippen molar-refractivity contribution in [3.05, 3.63) is 58.9 Å². The van der Waals surface area contributed by atoms with Gasteiger partial charge in [-0.25, -0.2) is 0 Å². The maximum Gasteiger partial charge on any atom is 0.224 e. The van der Waals surface area contributed by atoms with E-state index in [1.165, 1.54) is 6.20 Å². The quantitative estimate of drug-likeness (QED) is 0.890. The van der Waals surface area contributed by atoms with E-state index in [1.54, 1.807) is 18.3 Å². The van der Waals surface area contributed by atoms with Gasteiger partial charge in [-0.3, -0.25) is 9.78 Å². The molecule has 2 aromatic rings. The summed E-state index contributed by atoms with van der Waals surface area (Å²) in [7, 11) is 0. The van der Waals surface area contributed by atoms with Crippen LogP contribution in [0.15, 0.2) is 42.7 Å². The fraction of sp³-hybridized carbons (Fsp3) is 0.200. The molecule has 1 amide bonds. The Kier molecular flexibility index (Phi) is 5.09. The summed E-state index contributed by atoms with van der Waals surface area (Å²) in [5, 5.41) is 12.6. The van der Waals surface area contributed by atoms with Gasteiger partial charge < -0.3 is 10.4 Å². The zero-order valence-corrected chi connectivity index (χ0v) is 11.6. The molecule has 0 saturated carbocycles. The van der Waals surface area contributed by atoms with Gasteiger partial charge in [0.25, 0.3) is 0 Å². The van der Waals surface area contributed by atoms with Gasteiger partial charge in [-0.2, -0.15) is 0 Å². The second-order valence-corrected chi connectivity index (χ2v) is 4.74. The van der Waals surface area contributed by atoms with Crippen molar-refractivity contribution < 1.29 is 9.90 Å². The van der Waals surface area contributed by atoms with E-state index < -0.39 is 0 Å². The fourth-order valence-electron chi connectivity index (χ4n) is 1.84. The number of aliphatic hydroxyl groups excluding tert-OH is 1. The van der Waals surface area contributed by atoms with Crippen molar-refractivity contribution in [2.24, 2.45) is 0 Å². The Labute approximate surface area is 122 Å². The average molecular weight is 291 g/mol. The van der Waals surface area contributed by atoms with Crippen LogP contribution in [-0.4, -0.2) is 16.0 Å². The van der Waals surface area contributed by atoms with E-state index >= 15 is 0 Å². The Morgan fingerprint density at radius 3 is 2.80 bits per heavy atom. The Hall–Kier alpha value is -1.91. The minimum Gasteiger partial charge on any atom is -0.392 e. The predicted molar refractivity (Wildman–Crippen MR) is 78.6 cm³/mol. The number of hydrogen-bond donors (Lipinski definition) is 2. The van der Waals surface area contributed by atoms with Crippen molar-refractivity contribution in [1.29, 1.82) is 0 Å². The van der Waals surface area contributed by atoms with Crippen LogP contribution in [0.2, 0.25) is 5.02 Å². The summed E-state index contributed by atoms with van der Waals surface area (Å²) in [5.41, 5.74) is 2.13. The van der Waals surface area contributed by atoms with Crippen LogP contribution in [0.1, 0.15) is 17.5 Å². The first-order valence-electron chi connectivity index (χ1n) is 6.27. The van der Waals surface area contributed by atoms with Crippen LogP contribution in [0.25, 0.3) is 0 Å². The standard InChI is InChI=1S/C15H15ClN2O2/c16-13-4-2-1-3-11(13)5-6-15(20)18-14-9-17-8-7-12(14)10-19/h1-4,7-9,19H,5-6,10H2,(H,18,20). The molecule has 2 rings (SSSR count). The Balaban J connectivity index is 1.95. The Morgan fingerprint density at radius 1 is 1.25 bits per heavy atom. The molecule has 1 heterocycles. The molecule has 1 aromatic heterocycles. The van der Waals surface area contributed by atoms with Crippen molar-refractivity contribution in [2.45, 2.75) is 19.4 Å². The lowest BCUT2D eigenvalue weighted by molar-refractivity contribution is -0.116. The first-order chi connectivity index (χ1) is 9.70. The molecule has 0 fully saturated rings. The van der Waals surface area contributed by atoms with E-state index in [-0.39, 0.29) is 12.5 Å². The van der Waals surface area contributed by atoms with Gasteiger partial charge in [-0.1, -0.05) is 29.8 Å². The number of hydrogen-bond acceptors (Lipinski definition) is 3. The van der Waals surface area contributed by atoms with Gasteiger partial charge in [0.1, 0.15) is 0 Å². The van der Waals surface area contributed by atoms with Gasteiger partial charge in [0, 0.05) is 23.2 Å². The summed E-state index contributed by atoms with van der Waals surface area (Å²) < 4.78 is 0. The van der Waals surface area contributed by atoms with E-state index in [0.29, 0.717) is 29.1 Å². The Bertz CT molecular complexity index is 602. The molecule has 0 aliphatic rings. The maximum absolute atomic E-state index is 11.9. The van der Waals surface area contributed by atoms with Crippen molar-refractivity contribution in [2.75, 3.05) is 5.32 Å². The zero-order chi connectivity index (χ0) is 14.4. The summed E-state index contributed by atoms with van der Waals surface area (Å²) in [5.74, 6) is -0.132. The molecule has 20 heavy (non-hydrogen) atoms. The van der Waals surface area contributed by atoms with Gasteiger partial charge in [-0.05, 0) is 24.1 Å². The van der Waals surface area contributed by atoms with Crippen LogP contribution >= 0.6 is 11.6 Å². The molecule has 4 nitrogen and oxygen atoms in total. The first kappa shape index (κ1) is 14.5. The summed E-state index contributed by atoms with van der Waals surface area (Å²) in [6.07, 6.45) is 3.99. The van der Waals surface area contributed by atoms with Crippen molar-refractivity contribution in [3.8, 4) is 0 Å². The van der Waals surface area contributed by atoms with Crippen LogP contribution < -0.4 is 5.32 Å². The molecular weight excluding hydrogens is 276 g/mol. The molecule has 0 aliphatic heterocycles. The maximum atomic E-state index is 11.9. The number of aromatic nitrogens is 1. The summed E-state index contributed by atoms with van der Waals surface area (Å²) in [6, 6.07) is 9.13. The first-order valence-corrected chi connectivity index (χ1v) is 6.65. The predicted octanol–water partition coefficient (Wildman–Crippen LogP) is 2.80. The third-order valence-electron chi connectivity index (χ3n) is 2.94. The number of carbonyl (C=O) groups is 1. The van der Waals surface area contributed by atoms with Crippen LogP contribution in [-0.2, 0) is 17.8 Å². The number of halogens is 1. The van der Waals surface area contributed by atoms with Crippen molar-refractivity contribution >= 4 is 23.2 Å². The number of benzene rings is 1. The third kappa shape index (κ3) is 3.79. The molecule has 0 aliphatic carbocycles. The highest BCUT2D eigenvalue weighted by molar-refractivity contribution is 6.31. The normalized spacial score (nSPS) is 10.3. The lowest BCUT2D eigenvalue weighted by Crippen LogP contribution is -2.14. The van der Waals surface area contributed by atoms with Gasteiger partial charge in [0.05, 0.1) is 18.5 Å². The Morgan fingerprint density at radius 2 is 2.05 bits per heavy atom. The van der Waals surface area contributed by atoms with E-state index in [9.17, 15) is 9.90 Å². The minimum absolute atomic E-state index is 0.132. The molecule has 5 heteroatoms. The number of carbonyl (C=O) groups excluding carboxylic acids is 1. The summed E-state index contributed by atoms with van der Waals surface area (Å²) in [4.78, 5) is 15.8. The number of anilines is 1. The number of nitrogens with zero attached hydrogens (tertiary/aromatic N) is 1. The molecule has 0 atom stereocenters.